The first-order valence-electron chi connectivity index (χ1n) is 8.22. The maximum atomic E-state index is 12.8. The number of piperazine rings is 1. The highest BCUT2D eigenvalue weighted by Crippen LogP contribution is 2.12. The van der Waals surface area contributed by atoms with E-state index < -0.39 is 0 Å². The SMILES string of the molecule is CC1NCCN(C(=O)c2ccc(=O)n(Cc3ccccc3)n2)C1C.Cl. The van der Waals surface area contributed by atoms with Gasteiger partial charge in [0, 0.05) is 31.2 Å². The second-order valence-corrected chi connectivity index (χ2v) is 6.18. The molecule has 1 N–H and O–H groups in total. The van der Waals surface area contributed by atoms with Gasteiger partial charge in [0.15, 0.2) is 0 Å². The fraction of sp³-hybridized carbons (Fsp3) is 0.389. The van der Waals surface area contributed by atoms with E-state index in [0.29, 0.717) is 18.8 Å². The zero-order chi connectivity index (χ0) is 17.1. The zero-order valence-corrected chi connectivity index (χ0v) is 15.2. The Morgan fingerprint density at radius 2 is 1.92 bits per heavy atom. The van der Waals surface area contributed by atoms with Gasteiger partial charge in [-0.25, -0.2) is 4.68 Å². The number of nitrogens with zero attached hydrogens (tertiary/aromatic N) is 3. The third-order valence-corrected chi connectivity index (χ3v) is 4.56. The van der Waals surface area contributed by atoms with Gasteiger partial charge in [-0.2, -0.15) is 5.10 Å². The second kappa shape index (κ2) is 8.27. The minimum atomic E-state index is -0.211. The van der Waals surface area contributed by atoms with Crippen molar-refractivity contribution in [3.05, 3.63) is 64.1 Å². The van der Waals surface area contributed by atoms with E-state index in [2.05, 4.69) is 17.3 Å². The maximum absolute atomic E-state index is 12.8. The molecule has 0 saturated carbocycles. The summed E-state index contributed by atoms with van der Waals surface area (Å²) in [5.41, 5.74) is 1.07. The Balaban J connectivity index is 0.00000225. The Morgan fingerprint density at radius 3 is 2.64 bits per heavy atom. The van der Waals surface area contributed by atoms with E-state index in [1.807, 2.05) is 42.2 Å². The average molecular weight is 363 g/mol. The van der Waals surface area contributed by atoms with Gasteiger partial charge >= 0.3 is 0 Å². The first-order chi connectivity index (χ1) is 11.6. The van der Waals surface area contributed by atoms with Crippen molar-refractivity contribution in [1.82, 2.24) is 20.0 Å². The summed E-state index contributed by atoms with van der Waals surface area (Å²) in [6, 6.07) is 12.9. The quantitative estimate of drug-likeness (QED) is 0.899. The Labute approximate surface area is 153 Å². The molecule has 1 amide bonds. The fourth-order valence-electron chi connectivity index (χ4n) is 2.92. The minimum Gasteiger partial charge on any atom is -0.332 e. The van der Waals surface area contributed by atoms with Crippen LogP contribution in [0.1, 0.15) is 29.9 Å². The van der Waals surface area contributed by atoms with Crippen LogP contribution in [-0.2, 0) is 6.54 Å². The Morgan fingerprint density at radius 1 is 1.20 bits per heavy atom. The largest absolute Gasteiger partial charge is 0.332 e. The van der Waals surface area contributed by atoms with Gasteiger partial charge in [-0.05, 0) is 25.5 Å². The van der Waals surface area contributed by atoms with Crippen molar-refractivity contribution in [3.63, 3.8) is 0 Å². The van der Waals surface area contributed by atoms with Crippen LogP contribution in [0.25, 0.3) is 0 Å². The monoisotopic (exact) mass is 362 g/mol. The third kappa shape index (κ3) is 4.27. The molecule has 0 spiro atoms. The van der Waals surface area contributed by atoms with Gasteiger partial charge in [-0.15, -0.1) is 12.4 Å². The molecule has 6 nitrogen and oxygen atoms in total. The smallest absolute Gasteiger partial charge is 0.274 e. The molecule has 0 radical (unpaired) electrons. The van der Waals surface area contributed by atoms with Crippen molar-refractivity contribution >= 4 is 18.3 Å². The summed E-state index contributed by atoms with van der Waals surface area (Å²) in [4.78, 5) is 26.7. The lowest BCUT2D eigenvalue weighted by Gasteiger charge is -2.38. The molecule has 1 aromatic carbocycles. The summed E-state index contributed by atoms with van der Waals surface area (Å²) in [6.07, 6.45) is 0. The number of amides is 1. The van der Waals surface area contributed by atoms with Crippen LogP contribution in [0.4, 0.5) is 0 Å². The van der Waals surface area contributed by atoms with Crippen LogP contribution < -0.4 is 10.9 Å². The molecule has 1 aromatic heterocycles. The van der Waals surface area contributed by atoms with E-state index in [0.717, 1.165) is 12.1 Å². The molecule has 0 aliphatic carbocycles. The molecule has 1 saturated heterocycles. The minimum absolute atomic E-state index is 0. The van der Waals surface area contributed by atoms with E-state index in [-0.39, 0.29) is 36.0 Å². The average Bonchev–Trinajstić information content (AvgIpc) is 2.60. The molecule has 1 fully saturated rings. The number of halogens is 1. The molecule has 2 unspecified atom stereocenters. The lowest BCUT2D eigenvalue weighted by Crippen LogP contribution is -2.57. The van der Waals surface area contributed by atoms with Crippen LogP contribution in [-0.4, -0.2) is 45.8 Å². The van der Waals surface area contributed by atoms with E-state index >= 15 is 0 Å². The molecule has 0 bridgehead atoms. The number of nitrogens with one attached hydrogen (secondary N) is 1. The van der Waals surface area contributed by atoms with Gasteiger partial charge in [-0.3, -0.25) is 9.59 Å². The molecule has 2 heterocycles. The first kappa shape index (κ1) is 19.1. The molecule has 2 aromatic rings. The topological polar surface area (TPSA) is 67.2 Å². The van der Waals surface area contributed by atoms with Crippen molar-refractivity contribution < 1.29 is 4.79 Å². The molecule has 2 atom stereocenters. The lowest BCUT2D eigenvalue weighted by atomic mass is 10.1. The number of rotatable bonds is 3. The molecular weight excluding hydrogens is 340 g/mol. The molecule has 25 heavy (non-hydrogen) atoms. The highest BCUT2D eigenvalue weighted by molar-refractivity contribution is 5.92. The highest BCUT2D eigenvalue weighted by Gasteiger charge is 2.29. The van der Waals surface area contributed by atoms with Crippen molar-refractivity contribution in [2.75, 3.05) is 13.1 Å². The number of benzene rings is 1. The highest BCUT2D eigenvalue weighted by atomic mass is 35.5. The van der Waals surface area contributed by atoms with Crippen LogP contribution in [0.15, 0.2) is 47.3 Å². The summed E-state index contributed by atoms with van der Waals surface area (Å²) >= 11 is 0. The van der Waals surface area contributed by atoms with Gasteiger partial charge < -0.3 is 10.2 Å². The number of hydrogen-bond donors (Lipinski definition) is 1. The Kier molecular flexibility index (Phi) is 6.33. The van der Waals surface area contributed by atoms with Crippen LogP contribution >= 0.6 is 12.4 Å². The Bertz CT molecular complexity index is 778. The van der Waals surface area contributed by atoms with Gasteiger partial charge in [-0.1, -0.05) is 30.3 Å². The van der Waals surface area contributed by atoms with Crippen molar-refractivity contribution in [3.8, 4) is 0 Å². The maximum Gasteiger partial charge on any atom is 0.274 e. The van der Waals surface area contributed by atoms with E-state index in [9.17, 15) is 9.59 Å². The van der Waals surface area contributed by atoms with Crippen LogP contribution in [0.5, 0.6) is 0 Å². The third-order valence-electron chi connectivity index (χ3n) is 4.56. The molecular formula is C18H23ClN4O2. The summed E-state index contributed by atoms with van der Waals surface area (Å²) in [6.45, 7) is 5.85. The van der Waals surface area contributed by atoms with E-state index in [4.69, 9.17) is 0 Å². The van der Waals surface area contributed by atoms with E-state index in [1.54, 1.807) is 0 Å². The summed E-state index contributed by atoms with van der Waals surface area (Å²) in [5, 5.41) is 7.65. The first-order valence-corrected chi connectivity index (χ1v) is 8.22. The number of aromatic nitrogens is 2. The molecule has 3 rings (SSSR count). The summed E-state index contributed by atoms with van der Waals surface area (Å²) < 4.78 is 1.35. The molecule has 1 aliphatic rings. The zero-order valence-electron chi connectivity index (χ0n) is 14.4. The normalized spacial score (nSPS) is 20.0. The van der Waals surface area contributed by atoms with Crippen molar-refractivity contribution in [2.45, 2.75) is 32.5 Å². The van der Waals surface area contributed by atoms with Crippen molar-refractivity contribution in [1.29, 1.82) is 0 Å². The van der Waals surface area contributed by atoms with Gasteiger partial charge in [0.25, 0.3) is 11.5 Å². The van der Waals surface area contributed by atoms with E-state index in [1.165, 1.54) is 16.8 Å². The lowest BCUT2D eigenvalue weighted by molar-refractivity contribution is 0.0594. The van der Waals surface area contributed by atoms with Crippen molar-refractivity contribution in [2.24, 2.45) is 0 Å². The molecule has 134 valence electrons. The standard InChI is InChI=1S/C18H22N4O2.ClH/c1-13-14(2)21(11-10-19-13)18(24)16-8-9-17(23)22(20-16)12-15-6-4-3-5-7-15;/h3-9,13-14,19H,10-12H2,1-2H3;1H. The number of carbonyl (C=O) groups is 1. The Hall–Kier alpha value is -2.18. The van der Waals surface area contributed by atoms with Crippen LogP contribution in [0, 0.1) is 0 Å². The summed E-state index contributed by atoms with van der Waals surface area (Å²) in [7, 11) is 0. The predicted octanol–water partition coefficient (Wildman–Crippen LogP) is 1.54. The van der Waals surface area contributed by atoms with Crippen LogP contribution in [0.3, 0.4) is 0 Å². The van der Waals surface area contributed by atoms with Crippen LogP contribution in [0.2, 0.25) is 0 Å². The van der Waals surface area contributed by atoms with Gasteiger partial charge in [0.2, 0.25) is 0 Å². The molecule has 7 heteroatoms. The second-order valence-electron chi connectivity index (χ2n) is 6.18. The number of carbonyl (C=O) groups excluding carboxylic acids is 1. The van der Waals surface area contributed by atoms with Gasteiger partial charge in [0.1, 0.15) is 5.69 Å². The number of hydrogen-bond acceptors (Lipinski definition) is 4. The summed E-state index contributed by atoms with van der Waals surface area (Å²) in [5.74, 6) is -0.127. The fourth-order valence-corrected chi connectivity index (χ4v) is 2.92. The predicted molar refractivity (Wildman–Crippen MR) is 99.3 cm³/mol. The van der Waals surface area contributed by atoms with Gasteiger partial charge in [0.05, 0.1) is 6.54 Å². The molecule has 1 aliphatic heterocycles.